The van der Waals surface area contributed by atoms with E-state index >= 15 is 0 Å². The molecule has 0 aliphatic rings. The van der Waals surface area contributed by atoms with Crippen LogP contribution in [0.1, 0.15) is 12.5 Å². The topological polar surface area (TPSA) is 38.3 Å². The van der Waals surface area contributed by atoms with Gasteiger partial charge in [0.15, 0.2) is 0 Å². The van der Waals surface area contributed by atoms with E-state index in [1.165, 1.54) is 6.38 Å². The summed E-state index contributed by atoms with van der Waals surface area (Å²) in [4.78, 5) is 10.9. The fraction of sp³-hybridized carbons (Fsp3) is 0.364. The summed E-state index contributed by atoms with van der Waals surface area (Å²) in [5.41, 5.74) is 0.994. The van der Waals surface area contributed by atoms with Crippen molar-refractivity contribution >= 4 is 17.7 Å². The highest BCUT2D eigenvalue weighted by Crippen LogP contribution is 1.99. The molecule has 0 aliphatic carbocycles. The Bertz CT molecular complexity index is 265. The van der Waals surface area contributed by atoms with Crippen molar-refractivity contribution in [2.24, 2.45) is 0 Å². The molecule has 0 aliphatic heterocycles. The number of amides is 1. The second-order valence-electron chi connectivity index (χ2n) is 2.59. The van der Waals surface area contributed by atoms with Gasteiger partial charge in [-0.25, -0.2) is 4.79 Å². The van der Waals surface area contributed by atoms with Crippen LogP contribution in [0.5, 0.6) is 0 Å². The molecule has 0 fully saturated rings. The second kappa shape index (κ2) is 9.34. The largest absolute Gasteiger partial charge is 0.445 e. The number of carbonyl (C=O) groups is 1. The van der Waals surface area contributed by atoms with Gasteiger partial charge in [0.05, 0.1) is 0 Å². The van der Waals surface area contributed by atoms with Gasteiger partial charge in [-0.05, 0) is 12.5 Å². The van der Waals surface area contributed by atoms with E-state index in [0.29, 0.717) is 13.2 Å². The number of nitrogens with one attached hydrogen (secondary N) is 1. The van der Waals surface area contributed by atoms with Crippen LogP contribution in [0.3, 0.4) is 0 Å². The standard InChI is InChI=1S/C10H13NO2.CH3Cl/c1-2-11-10(12)13-8-9-6-4-3-5-7-9;1-2/h3-7H,2,8H2,1H3,(H,11,12);1H3. The normalized spacial score (nSPS) is 8.47. The number of benzene rings is 1. The fourth-order valence-electron chi connectivity index (χ4n) is 0.918. The van der Waals surface area contributed by atoms with Crippen molar-refractivity contribution in [1.82, 2.24) is 5.32 Å². The Kier molecular flexibility index (Phi) is 8.58. The van der Waals surface area contributed by atoms with Crippen LogP contribution in [0.4, 0.5) is 4.79 Å². The van der Waals surface area contributed by atoms with E-state index in [4.69, 9.17) is 4.74 Å². The van der Waals surface area contributed by atoms with Crippen LogP contribution in [0, 0.1) is 0 Å². The first kappa shape index (κ1) is 13.8. The minimum Gasteiger partial charge on any atom is -0.445 e. The van der Waals surface area contributed by atoms with Crippen molar-refractivity contribution in [2.75, 3.05) is 12.9 Å². The maximum Gasteiger partial charge on any atom is 0.407 e. The monoisotopic (exact) mass is 229 g/mol. The van der Waals surface area contributed by atoms with E-state index in [0.717, 1.165) is 5.56 Å². The van der Waals surface area contributed by atoms with Gasteiger partial charge < -0.3 is 10.1 Å². The van der Waals surface area contributed by atoms with Crippen molar-refractivity contribution in [2.45, 2.75) is 13.5 Å². The van der Waals surface area contributed by atoms with Crippen molar-refractivity contribution in [3.8, 4) is 0 Å². The summed E-state index contributed by atoms with van der Waals surface area (Å²) in [6.07, 6.45) is 1.10. The quantitative estimate of drug-likeness (QED) is 0.810. The molecule has 3 nitrogen and oxygen atoms in total. The highest BCUT2D eigenvalue weighted by molar-refractivity contribution is 6.15. The molecule has 0 saturated heterocycles. The minimum atomic E-state index is -0.369. The first-order valence-corrected chi connectivity index (χ1v) is 5.41. The number of alkyl carbamates (subject to hydrolysis) is 1. The summed E-state index contributed by atoms with van der Waals surface area (Å²) in [7, 11) is 0. The van der Waals surface area contributed by atoms with Gasteiger partial charge in [0.1, 0.15) is 6.61 Å². The van der Waals surface area contributed by atoms with Crippen molar-refractivity contribution in [3.05, 3.63) is 35.9 Å². The molecular formula is C11H16ClNO2. The lowest BCUT2D eigenvalue weighted by atomic mass is 10.2. The van der Waals surface area contributed by atoms with Crippen LogP contribution in [0.25, 0.3) is 0 Å². The molecule has 4 heteroatoms. The smallest absolute Gasteiger partial charge is 0.407 e. The number of ether oxygens (including phenoxy) is 1. The summed E-state index contributed by atoms with van der Waals surface area (Å²) in [6.45, 7) is 2.77. The van der Waals surface area contributed by atoms with E-state index < -0.39 is 0 Å². The van der Waals surface area contributed by atoms with Crippen LogP contribution in [0.2, 0.25) is 0 Å². The Labute approximate surface area is 95.4 Å². The Morgan fingerprint density at radius 2 is 1.93 bits per heavy atom. The van der Waals surface area contributed by atoms with Gasteiger partial charge in [0.25, 0.3) is 0 Å². The summed E-state index contributed by atoms with van der Waals surface area (Å²) in [5, 5.41) is 2.55. The van der Waals surface area contributed by atoms with Crippen LogP contribution < -0.4 is 5.32 Å². The number of hydrogen-bond acceptors (Lipinski definition) is 2. The van der Waals surface area contributed by atoms with Gasteiger partial charge in [0, 0.05) is 12.9 Å². The van der Waals surface area contributed by atoms with Gasteiger partial charge in [-0.3, -0.25) is 0 Å². The van der Waals surface area contributed by atoms with Gasteiger partial charge in [0.2, 0.25) is 0 Å². The van der Waals surface area contributed by atoms with E-state index in [-0.39, 0.29) is 6.09 Å². The molecule has 0 aromatic heterocycles. The molecule has 0 atom stereocenters. The number of halogens is 1. The Hall–Kier alpha value is -1.22. The number of carbonyl (C=O) groups excluding carboxylic acids is 1. The molecule has 0 heterocycles. The molecule has 15 heavy (non-hydrogen) atoms. The maximum absolute atomic E-state index is 10.9. The third-order valence-corrected chi connectivity index (χ3v) is 1.53. The number of alkyl halides is 1. The van der Waals surface area contributed by atoms with Crippen LogP contribution in [0.15, 0.2) is 30.3 Å². The zero-order valence-electron chi connectivity index (χ0n) is 9.00. The molecule has 0 unspecified atom stereocenters. The third kappa shape index (κ3) is 6.80. The molecule has 1 aromatic rings. The predicted octanol–water partition coefficient (Wildman–Crippen LogP) is 2.79. The average Bonchev–Trinajstić information content (AvgIpc) is 2.31. The fourth-order valence-corrected chi connectivity index (χ4v) is 0.918. The summed E-state index contributed by atoms with van der Waals surface area (Å²) in [5.74, 6) is 0. The zero-order valence-corrected chi connectivity index (χ0v) is 9.75. The van der Waals surface area contributed by atoms with Crippen molar-refractivity contribution in [3.63, 3.8) is 0 Å². The molecule has 0 radical (unpaired) electrons. The number of hydrogen-bond donors (Lipinski definition) is 1. The van der Waals surface area contributed by atoms with Crippen LogP contribution in [-0.2, 0) is 11.3 Å². The SMILES string of the molecule is CCNC(=O)OCc1ccccc1.CCl. The van der Waals surface area contributed by atoms with Crippen molar-refractivity contribution < 1.29 is 9.53 Å². The average molecular weight is 230 g/mol. The molecule has 1 aromatic carbocycles. The van der Waals surface area contributed by atoms with Crippen LogP contribution in [-0.4, -0.2) is 19.0 Å². The zero-order chi connectivity index (χ0) is 11.5. The Morgan fingerprint density at radius 1 is 1.33 bits per heavy atom. The van der Waals surface area contributed by atoms with Gasteiger partial charge in [-0.2, -0.15) is 0 Å². The highest BCUT2D eigenvalue weighted by atomic mass is 35.5. The highest BCUT2D eigenvalue weighted by Gasteiger charge is 1.98. The van der Waals surface area contributed by atoms with E-state index in [9.17, 15) is 4.79 Å². The Balaban J connectivity index is 0.000000921. The summed E-state index contributed by atoms with van der Waals surface area (Å²) >= 11 is 4.64. The lowest BCUT2D eigenvalue weighted by Crippen LogP contribution is -2.23. The van der Waals surface area contributed by atoms with Crippen molar-refractivity contribution in [1.29, 1.82) is 0 Å². The Morgan fingerprint density at radius 3 is 2.47 bits per heavy atom. The molecule has 0 spiro atoms. The maximum atomic E-state index is 10.9. The molecule has 1 rings (SSSR count). The van der Waals surface area contributed by atoms with Gasteiger partial charge in [-0.1, -0.05) is 30.3 Å². The molecule has 1 amide bonds. The lowest BCUT2D eigenvalue weighted by molar-refractivity contribution is 0.140. The third-order valence-electron chi connectivity index (χ3n) is 1.53. The molecule has 84 valence electrons. The second-order valence-corrected chi connectivity index (χ2v) is 2.59. The van der Waals surface area contributed by atoms with Gasteiger partial charge >= 0.3 is 6.09 Å². The predicted molar refractivity (Wildman–Crippen MR) is 62.1 cm³/mol. The molecule has 1 N–H and O–H groups in total. The summed E-state index contributed by atoms with van der Waals surface area (Å²) < 4.78 is 4.92. The number of rotatable bonds is 3. The van der Waals surface area contributed by atoms with Gasteiger partial charge in [-0.15, -0.1) is 11.6 Å². The first-order chi connectivity index (χ1) is 7.33. The first-order valence-electron chi connectivity index (χ1n) is 4.65. The van der Waals surface area contributed by atoms with E-state index in [1.807, 2.05) is 37.3 Å². The molecule has 0 saturated carbocycles. The minimum absolute atomic E-state index is 0.326. The van der Waals surface area contributed by atoms with Crippen LogP contribution >= 0.6 is 11.6 Å². The summed E-state index contributed by atoms with van der Waals surface area (Å²) in [6, 6.07) is 9.58. The lowest BCUT2D eigenvalue weighted by Gasteiger charge is -2.04. The molecular weight excluding hydrogens is 214 g/mol. The molecule has 0 bridgehead atoms. The van der Waals surface area contributed by atoms with E-state index in [1.54, 1.807) is 0 Å². The van der Waals surface area contributed by atoms with E-state index in [2.05, 4.69) is 16.9 Å².